The molecule has 0 aromatic heterocycles. The summed E-state index contributed by atoms with van der Waals surface area (Å²) in [5.41, 5.74) is 2.45. The van der Waals surface area contributed by atoms with Crippen molar-refractivity contribution in [3.05, 3.63) is 69.3 Å². The molecular weight excluding hydrogens is 408 g/mol. The van der Waals surface area contributed by atoms with E-state index in [2.05, 4.69) is 10.2 Å². The van der Waals surface area contributed by atoms with Gasteiger partial charge in [-0.2, -0.15) is 0 Å². The van der Waals surface area contributed by atoms with E-state index in [0.29, 0.717) is 31.7 Å². The molecular formula is C24H28N4O4. The van der Waals surface area contributed by atoms with Crippen molar-refractivity contribution in [3.63, 3.8) is 0 Å². The molecule has 2 fully saturated rings. The van der Waals surface area contributed by atoms with Crippen LogP contribution in [-0.4, -0.2) is 53.9 Å². The molecule has 0 unspecified atom stereocenters. The van der Waals surface area contributed by atoms with Gasteiger partial charge in [0.1, 0.15) is 5.56 Å². The summed E-state index contributed by atoms with van der Waals surface area (Å²) in [6.07, 6.45) is 3.40. The number of anilines is 1. The molecule has 0 saturated carbocycles. The molecule has 2 aromatic carbocycles. The van der Waals surface area contributed by atoms with E-state index in [0.717, 1.165) is 36.9 Å². The molecule has 0 spiro atoms. The van der Waals surface area contributed by atoms with Crippen LogP contribution in [0.1, 0.15) is 52.0 Å². The third-order valence-corrected chi connectivity index (χ3v) is 6.39. The van der Waals surface area contributed by atoms with Gasteiger partial charge in [0, 0.05) is 49.5 Å². The number of likely N-dealkylation sites (tertiary alicyclic amines) is 1. The number of aryl methyl sites for hydroxylation is 1. The Morgan fingerprint density at radius 3 is 2.34 bits per heavy atom. The second kappa shape index (κ2) is 9.38. The predicted octanol–water partition coefficient (Wildman–Crippen LogP) is 3.54. The van der Waals surface area contributed by atoms with Crippen molar-refractivity contribution in [1.29, 1.82) is 0 Å². The summed E-state index contributed by atoms with van der Waals surface area (Å²) >= 11 is 0. The highest BCUT2D eigenvalue weighted by Gasteiger charge is 2.29. The van der Waals surface area contributed by atoms with E-state index in [4.69, 9.17) is 0 Å². The molecule has 1 N–H and O–H groups in total. The van der Waals surface area contributed by atoms with Crippen LogP contribution < -0.4 is 10.2 Å². The second-order valence-corrected chi connectivity index (χ2v) is 8.51. The SMILES string of the molecule is Cc1ccccc1C(=O)NC1CCN(c2ccc([N+](=O)[O-])c(C(=O)N3CCCC3)c2)CC1. The Balaban J connectivity index is 1.43. The lowest BCUT2D eigenvalue weighted by atomic mass is 10.0. The molecule has 2 amide bonds. The maximum absolute atomic E-state index is 12.9. The van der Waals surface area contributed by atoms with Gasteiger partial charge in [0.05, 0.1) is 4.92 Å². The molecule has 0 radical (unpaired) electrons. The summed E-state index contributed by atoms with van der Waals surface area (Å²) in [5, 5.41) is 14.6. The lowest BCUT2D eigenvalue weighted by Gasteiger charge is -2.34. The van der Waals surface area contributed by atoms with Crippen LogP contribution in [0.15, 0.2) is 42.5 Å². The first-order valence-electron chi connectivity index (χ1n) is 11.1. The van der Waals surface area contributed by atoms with Crippen molar-refractivity contribution in [3.8, 4) is 0 Å². The summed E-state index contributed by atoms with van der Waals surface area (Å²) in [4.78, 5) is 40.3. The van der Waals surface area contributed by atoms with Gasteiger partial charge in [-0.05, 0) is 56.4 Å². The fraction of sp³-hybridized carbons (Fsp3) is 0.417. The molecule has 2 aliphatic heterocycles. The van der Waals surface area contributed by atoms with Crippen molar-refractivity contribution in [1.82, 2.24) is 10.2 Å². The maximum Gasteiger partial charge on any atom is 0.282 e. The average molecular weight is 437 g/mol. The first-order chi connectivity index (χ1) is 15.4. The summed E-state index contributed by atoms with van der Waals surface area (Å²) in [6, 6.07) is 12.4. The Morgan fingerprint density at radius 1 is 1.00 bits per heavy atom. The Hall–Kier alpha value is -3.42. The van der Waals surface area contributed by atoms with Crippen molar-refractivity contribution in [2.75, 3.05) is 31.1 Å². The Labute approximate surface area is 187 Å². The van der Waals surface area contributed by atoms with E-state index in [1.165, 1.54) is 6.07 Å². The highest BCUT2D eigenvalue weighted by atomic mass is 16.6. The molecule has 2 heterocycles. The molecule has 8 nitrogen and oxygen atoms in total. The second-order valence-electron chi connectivity index (χ2n) is 8.51. The van der Waals surface area contributed by atoms with Crippen molar-refractivity contribution in [2.24, 2.45) is 0 Å². The number of hydrogen-bond acceptors (Lipinski definition) is 5. The monoisotopic (exact) mass is 436 g/mol. The number of carbonyl (C=O) groups is 2. The van der Waals surface area contributed by atoms with Gasteiger partial charge in [-0.3, -0.25) is 19.7 Å². The zero-order chi connectivity index (χ0) is 22.7. The van der Waals surface area contributed by atoms with Gasteiger partial charge in [0.15, 0.2) is 0 Å². The number of nitro groups is 1. The standard InChI is InChI=1S/C24H28N4O4/c1-17-6-2-3-7-20(17)23(29)25-18-10-14-26(15-11-18)19-8-9-22(28(31)32)21(16-19)24(30)27-12-4-5-13-27/h2-3,6-9,16,18H,4-5,10-15H2,1H3,(H,25,29). The zero-order valence-corrected chi connectivity index (χ0v) is 18.3. The lowest BCUT2D eigenvalue weighted by molar-refractivity contribution is -0.385. The minimum Gasteiger partial charge on any atom is -0.371 e. The molecule has 0 bridgehead atoms. The van der Waals surface area contributed by atoms with E-state index in [1.54, 1.807) is 17.0 Å². The zero-order valence-electron chi connectivity index (χ0n) is 18.3. The number of hydrogen-bond donors (Lipinski definition) is 1. The number of nitrogens with one attached hydrogen (secondary N) is 1. The summed E-state index contributed by atoms with van der Waals surface area (Å²) in [6.45, 7) is 4.62. The number of piperidine rings is 1. The fourth-order valence-corrected chi connectivity index (χ4v) is 4.51. The summed E-state index contributed by atoms with van der Waals surface area (Å²) < 4.78 is 0. The van der Waals surface area contributed by atoms with Crippen LogP contribution in [-0.2, 0) is 0 Å². The number of nitrogens with zero attached hydrogens (tertiary/aromatic N) is 3. The van der Waals surface area contributed by atoms with Crippen molar-refractivity contribution < 1.29 is 14.5 Å². The summed E-state index contributed by atoms with van der Waals surface area (Å²) in [7, 11) is 0. The highest BCUT2D eigenvalue weighted by Crippen LogP contribution is 2.29. The molecule has 32 heavy (non-hydrogen) atoms. The largest absolute Gasteiger partial charge is 0.371 e. The number of benzene rings is 2. The van der Waals surface area contributed by atoms with Gasteiger partial charge in [0.25, 0.3) is 17.5 Å². The molecule has 4 rings (SSSR count). The number of amides is 2. The number of rotatable bonds is 5. The first-order valence-corrected chi connectivity index (χ1v) is 11.1. The van der Waals surface area contributed by atoms with Crippen LogP contribution in [0.2, 0.25) is 0 Å². The van der Waals surface area contributed by atoms with Crippen LogP contribution >= 0.6 is 0 Å². The topological polar surface area (TPSA) is 95.8 Å². The minimum absolute atomic E-state index is 0.0598. The first kappa shape index (κ1) is 21.8. The van der Waals surface area contributed by atoms with Crippen molar-refractivity contribution in [2.45, 2.75) is 38.6 Å². The van der Waals surface area contributed by atoms with Gasteiger partial charge < -0.3 is 15.1 Å². The van der Waals surface area contributed by atoms with Crippen LogP contribution in [0, 0.1) is 17.0 Å². The van der Waals surface area contributed by atoms with Crippen LogP contribution in [0.25, 0.3) is 0 Å². The summed E-state index contributed by atoms with van der Waals surface area (Å²) in [5.74, 6) is -0.327. The molecule has 2 aromatic rings. The van der Waals surface area contributed by atoms with E-state index >= 15 is 0 Å². The van der Waals surface area contributed by atoms with E-state index in [-0.39, 0.29) is 29.1 Å². The normalized spacial score (nSPS) is 16.8. The highest BCUT2D eigenvalue weighted by molar-refractivity contribution is 5.99. The van der Waals surface area contributed by atoms with Gasteiger partial charge in [-0.25, -0.2) is 0 Å². The van der Waals surface area contributed by atoms with Gasteiger partial charge >= 0.3 is 0 Å². The van der Waals surface area contributed by atoms with Gasteiger partial charge in [-0.15, -0.1) is 0 Å². The molecule has 0 aliphatic carbocycles. The third-order valence-electron chi connectivity index (χ3n) is 6.39. The molecule has 2 saturated heterocycles. The van der Waals surface area contributed by atoms with Crippen LogP contribution in [0.3, 0.4) is 0 Å². The lowest BCUT2D eigenvalue weighted by Crippen LogP contribution is -2.45. The molecule has 8 heteroatoms. The maximum atomic E-state index is 12.9. The molecule has 0 atom stereocenters. The van der Waals surface area contributed by atoms with Gasteiger partial charge in [0.2, 0.25) is 0 Å². The average Bonchev–Trinajstić information content (AvgIpc) is 3.34. The fourth-order valence-electron chi connectivity index (χ4n) is 4.51. The van der Waals surface area contributed by atoms with Crippen LogP contribution in [0.5, 0.6) is 0 Å². The number of carbonyl (C=O) groups excluding carboxylic acids is 2. The van der Waals surface area contributed by atoms with E-state index < -0.39 is 4.92 Å². The van der Waals surface area contributed by atoms with Crippen LogP contribution in [0.4, 0.5) is 11.4 Å². The predicted molar refractivity (Wildman–Crippen MR) is 122 cm³/mol. The van der Waals surface area contributed by atoms with E-state index in [1.807, 2.05) is 31.2 Å². The minimum atomic E-state index is -0.486. The third kappa shape index (κ3) is 4.59. The number of nitro benzene ring substituents is 1. The molecule has 2 aliphatic rings. The Kier molecular flexibility index (Phi) is 6.39. The van der Waals surface area contributed by atoms with Crippen molar-refractivity contribution >= 4 is 23.2 Å². The smallest absolute Gasteiger partial charge is 0.282 e. The van der Waals surface area contributed by atoms with Gasteiger partial charge in [-0.1, -0.05) is 18.2 Å². The molecule has 168 valence electrons. The van der Waals surface area contributed by atoms with E-state index in [9.17, 15) is 19.7 Å². The Bertz CT molecular complexity index is 1020. The quantitative estimate of drug-likeness (QED) is 0.571. The Morgan fingerprint density at radius 2 is 1.69 bits per heavy atom.